The number of hydrogen-bond donors (Lipinski definition) is 0. The summed E-state index contributed by atoms with van der Waals surface area (Å²) >= 11 is 5.06. The van der Waals surface area contributed by atoms with E-state index in [1.54, 1.807) is 0 Å². The Balaban J connectivity index is 2.51. The number of nitrogens with zero attached hydrogens (tertiary/aromatic N) is 2. The number of benzene rings is 1. The predicted octanol–water partition coefficient (Wildman–Crippen LogP) is 0.867. The van der Waals surface area contributed by atoms with Crippen molar-refractivity contribution < 1.29 is 14.1 Å². The number of rotatable bonds is 2. The first kappa shape index (κ1) is 12.2. The van der Waals surface area contributed by atoms with Gasteiger partial charge in [-0.05, 0) is 12.1 Å². The van der Waals surface area contributed by atoms with Crippen LogP contribution in [0.5, 0.6) is 5.75 Å². The average Bonchev–Trinajstić information content (AvgIpc) is 2.56. The minimum atomic E-state index is -1.01. The summed E-state index contributed by atoms with van der Waals surface area (Å²) in [6, 6.07) is 5.83. The zero-order valence-corrected chi connectivity index (χ0v) is 9.88. The molecule has 8 heteroatoms. The highest BCUT2D eigenvalue weighted by atomic mass is 35.5. The third-order valence-corrected chi connectivity index (χ3v) is 2.23. The van der Waals surface area contributed by atoms with Gasteiger partial charge in [-0.15, -0.1) is 4.74 Å². The Morgan fingerprint density at radius 3 is 2.67 bits per heavy atom. The smallest absolute Gasteiger partial charge is 0.414 e. The van der Waals surface area contributed by atoms with E-state index in [1.165, 1.54) is 31.3 Å². The standard InChI is InChI=1S/C10H7ClN2O5/c1-12-9(15)13(18-10(12)16)6-3-2-4-7(5-6)17-8(11)14/h2-5H,1H3. The van der Waals surface area contributed by atoms with Crippen LogP contribution in [0.3, 0.4) is 0 Å². The van der Waals surface area contributed by atoms with Crippen LogP contribution < -0.4 is 16.2 Å². The number of carbonyl (C=O) groups is 1. The SMILES string of the molecule is Cn1c(=O)on(-c2cccc(OC(=O)Cl)c2)c1=O. The van der Waals surface area contributed by atoms with Gasteiger partial charge in [0.2, 0.25) is 0 Å². The third-order valence-electron chi connectivity index (χ3n) is 2.15. The summed E-state index contributed by atoms with van der Waals surface area (Å²) < 4.78 is 11.0. The molecule has 0 spiro atoms. The van der Waals surface area contributed by atoms with E-state index in [0.29, 0.717) is 0 Å². The Labute approximate surface area is 105 Å². The first-order chi connectivity index (χ1) is 8.49. The Bertz CT molecular complexity index is 712. The molecule has 0 aliphatic carbocycles. The molecule has 94 valence electrons. The van der Waals surface area contributed by atoms with E-state index in [2.05, 4.69) is 4.74 Å². The lowest BCUT2D eigenvalue weighted by atomic mass is 10.3. The van der Waals surface area contributed by atoms with Crippen molar-refractivity contribution in [3.63, 3.8) is 0 Å². The van der Waals surface area contributed by atoms with Crippen LogP contribution in [-0.4, -0.2) is 14.7 Å². The van der Waals surface area contributed by atoms with Gasteiger partial charge in [0, 0.05) is 24.7 Å². The maximum absolute atomic E-state index is 11.6. The lowest BCUT2D eigenvalue weighted by Gasteiger charge is -2.02. The Hall–Kier alpha value is -2.28. The van der Waals surface area contributed by atoms with Crippen molar-refractivity contribution in [3.05, 3.63) is 45.3 Å². The first-order valence-electron chi connectivity index (χ1n) is 4.76. The molecule has 0 aliphatic rings. The Morgan fingerprint density at radius 1 is 1.39 bits per heavy atom. The van der Waals surface area contributed by atoms with E-state index in [-0.39, 0.29) is 11.4 Å². The van der Waals surface area contributed by atoms with Crippen LogP contribution in [0.1, 0.15) is 0 Å². The summed E-state index contributed by atoms with van der Waals surface area (Å²) in [6.07, 6.45) is 0. The van der Waals surface area contributed by atoms with Crippen molar-refractivity contribution in [1.82, 2.24) is 9.31 Å². The molecule has 0 saturated carbocycles. The van der Waals surface area contributed by atoms with Crippen molar-refractivity contribution in [3.8, 4) is 11.4 Å². The minimum Gasteiger partial charge on any atom is -0.414 e. The summed E-state index contributed by atoms with van der Waals surface area (Å²) in [7, 11) is 1.29. The van der Waals surface area contributed by atoms with Crippen molar-refractivity contribution >= 4 is 17.0 Å². The monoisotopic (exact) mass is 270 g/mol. The van der Waals surface area contributed by atoms with Gasteiger partial charge in [0.15, 0.2) is 0 Å². The lowest BCUT2D eigenvalue weighted by molar-refractivity contribution is 0.225. The zero-order valence-electron chi connectivity index (χ0n) is 9.12. The number of aromatic nitrogens is 2. The molecule has 0 atom stereocenters. The van der Waals surface area contributed by atoms with Gasteiger partial charge in [0.1, 0.15) is 5.75 Å². The number of carbonyl (C=O) groups excluding carboxylic acids is 1. The molecule has 0 amide bonds. The second kappa shape index (κ2) is 4.53. The fraction of sp³-hybridized carbons (Fsp3) is 0.100. The maximum Gasteiger partial charge on any atom is 0.442 e. The van der Waals surface area contributed by atoms with Gasteiger partial charge in [-0.2, -0.15) is 0 Å². The number of hydrogen-bond acceptors (Lipinski definition) is 5. The van der Waals surface area contributed by atoms with E-state index in [0.717, 1.165) is 9.31 Å². The molecular weight excluding hydrogens is 264 g/mol. The lowest BCUT2D eigenvalue weighted by Crippen LogP contribution is -2.25. The molecule has 2 aromatic rings. The van der Waals surface area contributed by atoms with Gasteiger partial charge >= 0.3 is 16.9 Å². The normalized spacial score (nSPS) is 10.3. The molecule has 0 bridgehead atoms. The van der Waals surface area contributed by atoms with E-state index in [1.807, 2.05) is 0 Å². The van der Waals surface area contributed by atoms with Crippen LogP contribution >= 0.6 is 11.6 Å². The van der Waals surface area contributed by atoms with Gasteiger partial charge in [-0.25, -0.2) is 19.0 Å². The fourth-order valence-electron chi connectivity index (χ4n) is 1.32. The number of ether oxygens (including phenoxy) is 1. The molecule has 7 nitrogen and oxygen atoms in total. The van der Waals surface area contributed by atoms with Crippen molar-refractivity contribution in [1.29, 1.82) is 0 Å². The number of halogens is 1. The van der Waals surface area contributed by atoms with E-state index in [4.69, 9.17) is 16.1 Å². The quantitative estimate of drug-likeness (QED) is 0.756. The van der Waals surface area contributed by atoms with Crippen LogP contribution in [0.2, 0.25) is 0 Å². The van der Waals surface area contributed by atoms with Gasteiger partial charge in [-0.1, -0.05) is 6.07 Å². The largest absolute Gasteiger partial charge is 0.442 e. The molecular formula is C10H7ClN2O5. The molecule has 0 unspecified atom stereocenters. The molecule has 0 fully saturated rings. The second-order valence-electron chi connectivity index (χ2n) is 3.33. The fourth-order valence-corrected chi connectivity index (χ4v) is 1.41. The van der Waals surface area contributed by atoms with Gasteiger partial charge in [0.05, 0.1) is 5.69 Å². The molecule has 2 rings (SSSR count). The van der Waals surface area contributed by atoms with Crippen LogP contribution in [-0.2, 0) is 7.05 Å². The van der Waals surface area contributed by atoms with Gasteiger partial charge in [-0.3, -0.25) is 0 Å². The summed E-state index contributed by atoms with van der Waals surface area (Å²) in [6.45, 7) is 0. The minimum absolute atomic E-state index is 0.130. The Morgan fingerprint density at radius 2 is 2.11 bits per heavy atom. The van der Waals surface area contributed by atoms with Gasteiger partial charge in [0.25, 0.3) is 0 Å². The predicted molar refractivity (Wildman–Crippen MR) is 61.4 cm³/mol. The molecule has 1 aromatic carbocycles. The molecule has 0 N–H and O–H groups in total. The summed E-state index contributed by atoms with van der Waals surface area (Å²) in [5.41, 5.74) is -1.41. The van der Waals surface area contributed by atoms with E-state index >= 15 is 0 Å². The van der Waals surface area contributed by atoms with E-state index < -0.39 is 16.9 Å². The van der Waals surface area contributed by atoms with Crippen molar-refractivity contribution in [2.45, 2.75) is 0 Å². The summed E-state index contributed by atoms with van der Waals surface area (Å²) in [4.78, 5) is 33.4. The van der Waals surface area contributed by atoms with E-state index in [9.17, 15) is 14.4 Å². The van der Waals surface area contributed by atoms with Crippen molar-refractivity contribution in [2.24, 2.45) is 7.05 Å². The summed E-state index contributed by atoms with van der Waals surface area (Å²) in [5, 5.41) is 0. The van der Waals surface area contributed by atoms with Crippen LogP contribution in [0.15, 0.2) is 38.4 Å². The summed E-state index contributed by atoms with van der Waals surface area (Å²) in [5.74, 6) is -0.661. The van der Waals surface area contributed by atoms with Crippen LogP contribution in [0.25, 0.3) is 5.69 Å². The second-order valence-corrected chi connectivity index (χ2v) is 3.64. The topological polar surface area (TPSA) is 83.4 Å². The highest BCUT2D eigenvalue weighted by Gasteiger charge is 2.11. The highest BCUT2D eigenvalue weighted by Crippen LogP contribution is 2.16. The molecule has 0 aliphatic heterocycles. The molecule has 18 heavy (non-hydrogen) atoms. The third kappa shape index (κ3) is 2.21. The molecule has 1 aromatic heterocycles. The highest BCUT2D eigenvalue weighted by molar-refractivity contribution is 6.61. The zero-order chi connectivity index (χ0) is 13.3. The van der Waals surface area contributed by atoms with Crippen LogP contribution in [0, 0.1) is 0 Å². The van der Waals surface area contributed by atoms with Crippen molar-refractivity contribution in [2.75, 3.05) is 0 Å². The molecule has 0 radical (unpaired) electrons. The first-order valence-corrected chi connectivity index (χ1v) is 5.14. The average molecular weight is 271 g/mol. The molecule has 1 heterocycles. The van der Waals surface area contributed by atoms with Gasteiger partial charge < -0.3 is 9.26 Å². The van der Waals surface area contributed by atoms with Crippen LogP contribution in [0.4, 0.5) is 4.79 Å². The maximum atomic E-state index is 11.6. The Kier molecular flexibility index (Phi) is 3.07. The molecule has 0 saturated heterocycles.